The van der Waals surface area contributed by atoms with E-state index >= 15 is 0 Å². The fourth-order valence-corrected chi connectivity index (χ4v) is 1.53. The smallest absolute Gasteiger partial charge is 0.00204 e. The van der Waals surface area contributed by atoms with E-state index < -0.39 is 0 Å². The number of hydrogen-bond donors (Lipinski definition) is 1. The summed E-state index contributed by atoms with van der Waals surface area (Å²) in [5.74, 6) is 0.830. The van der Waals surface area contributed by atoms with Crippen LogP contribution >= 0.6 is 12.4 Å². The Morgan fingerprint density at radius 3 is 2.00 bits per heavy atom. The summed E-state index contributed by atoms with van der Waals surface area (Å²) in [7, 11) is 0. The molecule has 0 aromatic heterocycles. The number of nitrogens with two attached hydrogens (primary N) is 1. The predicted molar refractivity (Wildman–Crippen MR) is 47.4 cm³/mol. The number of hydrogen-bond acceptors (Lipinski definition) is 1. The summed E-state index contributed by atoms with van der Waals surface area (Å²) in [6.45, 7) is 5.46. The largest absolute Gasteiger partial charge is 0.330 e. The first-order chi connectivity index (χ1) is 4.18. The third-order valence-corrected chi connectivity index (χ3v) is 2.23. The molecule has 1 aliphatic carbocycles. The zero-order valence-electron chi connectivity index (χ0n) is 6.89. The van der Waals surface area contributed by atoms with Crippen molar-refractivity contribution >= 4 is 12.4 Å². The lowest BCUT2D eigenvalue weighted by Gasteiger charge is -2.13. The van der Waals surface area contributed by atoms with E-state index in [2.05, 4.69) is 13.8 Å². The average molecular weight is 164 g/mol. The van der Waals surface area contributed by atoms with Crippen LogP contribution in [-0.4, -0.2) is 6.54 Å². The molecule has 0 spiro atoms. The van der Waals surface area contributed by atoms with Crippen molar-refractivity contribution in [1.82, 2.24) is 0 Å². The first-order valence-electron chi connectivity index (χ1n) is 3.89. The Kier molecular flexibility index (Phi) is 3.68. The molecule has 1 saturated carbocycles. The fourth-order valence-electron chi connectivity index (χ4n) is 1.53. The van der Waals surface area contributed by atoms with Gasteiger partial charge in [0.15, 0.2) is 0 Å². The maximum Gasteiger partial charge on any atom is -0.00204 e. The van der Waals surface area contributed by atoms with Gasteiger partial charge in [-0.1, -0.05) is 13.8 Å². The molecule has 1 nitrogen and oxygen atoms in total. The summed E-state index contributed by atoms with van der Waals surface area (Å²) >= 11 is 0. The van der Waals surface area contributed by atoms with Crippen molar-refractivity contribution in [2.45, 2.75) is 33.1 Å². The molecule has 62 valence electrons. The van der Waals surface area contributed by atoms with Crippen LogP contribution in [-0.2, 0) is 0 Å². The SMILES string of the molecule is CC(C)CC1(CN)CC1.Cl. The van der Waals surface area contributed by atoms with Crippen molar-refractivity contribution in [2.75, 3.05) is 6.54 Å². The minimum atomic E-state index is 0. The second-order valence-electron chi connectivity index (χ2n) is 3.80. The van der Waals surface area contributed by atoms with Crippen molar-refractivity contribution in [3.8, 4) is 0 Å². The van der Waals surface area contributed by atoms with Crippen LogP contribution < -0.4 is 5.73 Å². The van der Waals surface area contributed by atoms with Gasteiger partial charge in [0.25, 0.3) is 0 Å². The van der Waals surface area contributed by atoms with Gasteiger partial charge in [-0.3, -0.25) is 0 Å². The Hall–Kier alpha value is 0.250. The maximum atomic E-state index is 5.62. The molecule has 0 bridgehead atoms. The molecular weight excluding hydrogens is 146 g/mol. The quantitative estimate of drug-likeness (QED) is 0.679. The van der Waals surface area contributed by atoms with Gasteiger partial charge in [0, 0.05) is 0 Å². The van der Waals surface area contributed by atoms with Crippen molar-refractivity contribution in [1.29, 1.82) is 0 Å². The molecule has 0 aromatic carbocycles. The summed E-state index contributed by atoms with van der Waals surface area (Å²) in [5.41, 5.74) is 6.21. The van der Waals surface area contributed by atoms with E-state index in [1.807, 2.05) is 0 Å². The first kappa shape index (κ1) is 10.2. The highest BCUT2D eigenvalue weighted by molar-refractivity contribution is 5.85. The van der Waals surface area contributed by atoms with E-state index in [-0.39, 0.29) is 12.4 Å². The molecule has 0 aromatic rings. The highest BCUT2D eigenvalue weighted by Crippen LogP contribution is 2.49. The van der Waals surface area contributed by atoms with Gasteiger partial charge in [-0.2, -0.15) is 0 Å². The van der Waals surface area contributed by atoms with Crippen LogP contribution in [0.4, 0.5) is 0 Å². The van der Waals surface area contributed by atoms with E-state index in [1.165, 1.54) is 19.3 Å². The molecular formula is C8H18ClN. The van der Waals surface area contributed by atoms with Crippen LogP contribution in [0.3, 0.4) is 0 Å². The summed E-state index contributed by atoms with van der Waals surface area (Å²) in [4.78, 5) is 0. The molecule has 1 rings (SSSR count). The van der Waals surface area contributed by atoms with Gasteiger partial charge < -0.3 is 5.73 Å². The third-order valence-electron chi connectivity index (χ3n) is 2.23. The predicted octanol–water partition coefficient (Wildman–Crippen LogP) is 2.19. The van der Waals surface area contributed by atoms with E-state index in [1.54, 1.807) is 0 Å². The molecule has 0 heterocycles. The van der Waals surface area contributed by atoms with Gasteiger partial charge in [-0.25, -0.2) is 0 Å². The van der Waals surface area contributed by atoms with E-state index in [0.29, 0.717) is 5.41 Å². The zero-order valence-corrected chi connectivity index (χ0v) is 7.71. The number of rotatable bonds is 3. The Morgan fingerprint density at radius 1 is 1.40 bits per heavy atom. The summed E-state index contributed by atoms with van der Waals surface area (Å²) in [6, 6.07) is 0. The van der Waals surface area contributed by atoms with Crippen LogP contribution in [0.25, 0.3) is 0 Å². The molecule has 0 amide bonds. The maximum absolute atomic E-state index is 5.62. The Labute approximate surface area is 69.8 Å². The Balaban J connectivity index is 0.000000810. The zero-order chi connectivity index (χ0) is 6.91. The normalized spacial score (nSPS) is 20.4. The lowest BCUT2D eigenvalue weighted by atomic mass is 9.95. The Bertz CT molecular complexity index is 97.4. The molecule has 2 N–H and O–H groups in total. The topological polar surface area (TPSA) is 26.0 Å². The Morgan fingerprint density at radius 2 is 1.90 bits per heavy atom. The summed E-state index contributed by atoms with van der Waals surface area (Å²) < 4.78 is 0. The molecule has 0 radical (unpaired) electrons. The van der Waals surface area contributed by atoms with Gasteiger partial charge in [0.05, 0.1) is 0 Å². The lowest BCUT2D eigenvalue weighted by Crippen LogP contribution is -2.17. The highest BCUT2D eigenvalue weighted by atomic mass is 35.5. The van der Waals surface area contributed by atoms with E-state index in [4.69, 9.17) is 5.73 Å². The van der Waals surface area contributed by atoms with E-state index in [0.717, 1.165) is 12.5 Å². The average Bonchev–Trinajstić information content (AvgIpc) is 2.48. The molecule has 0 aliphatic heterocycles. The molecule has 10 heavy (non-hydrogen) atoms. The highest BCUT2D eigenvalue weighted by Gasteiger charge is 2.40. The van der Waals surface area contributed by atoms with Gasteiger partial charge in [-0.05, 0) is 37.1 Å². The standard InChI is InChI=1S/C8H17N.ClH/c1-7(2)5-8(6-9)3-4-8;/h7H,3-6,9H2,1-2H3;1H. The minimum Gasteiger partial charge on any atom is -0.330 e. The summed E-state index contributed by atoms with van der Waals surface area (Å²) in [6.07, 6.45) is 4.09. The van der Waals surface area contributed by atoms with Crippen molar-refractivity contribution < 1.29 is 0 Å². The van der Waals surface area contributed by atoms with Gasteiger partial charge in [0.1, 0.15) is 0 Å². The minimum absolute atomic E-state index is 0. The van der Waals surface area contributed by atoms with Gasteiger partial charge >= 0.3 is 0 Å². The molecule has 2 heteroatoms. The molecule has 0 unspecified atom stereocenters. The number of halogens is 1. The van der Waals surface area contributed by atoms with Crippen LogP contribution in [0.1, 0.15) is 33.1 Å². The lowest BCUT2D eigenvalue weighted by molar-refractivity contribution is 0.398. The fraction of sp³-hybridized carbons (Fsp3) is 1.00. The van der Waals surface area contributed by atoms with Crippen LogP contribution in [0.15, 0.2) is 0 Å². The molecule has 0 saturated heterocycles. The van der Waals surface area contributed by atoms with Crippen molar-refractivity contribution in [3.05, 3.63) is 0 Å². The van der Waals surface area contributed by atoms with Crippen LogP contribution in [0.5, 0.6) is 0 Å². The van der Waals surface area contributed by atoms with Crippen molar-refractivity contribution in [3.63, 3.8) is 0 Å². The second kappa shape index (κ2) is 3.59. The summed E-state index contributed by atoms with van der Waals surface area (Å²) in [5, 5.41) is 0. The second-order valence-corrected chi connectivity index (χ2v) is 3.80. The third kappa shape index (κ3) is 2.47. The van der Waals surface area contributed by atoms with Crippen LogP contribution in [0, 0.1) is 11.3 Å². The molecule has 1 fully saturated rings. The molecule has 1 aliphatic rings. The monoisotopic (exact) mass is 163 g/mol. The molecule has 0 atom stereocenters. The van der Waals surface area contributed by atoms with Gasteiger partial charge in [0.2, 0.25) is 0 Å². The van der Waals surface area contributed by atoms with Gasteiger partial charge in [-0.15, -0.1) is 12.4 Å². The van der Waals surface area contributed by atoms with Crippen molar-refractivity contribution in [2.24, 2.45) is 17.1 Å². The first-order valence-corrected chi connectivity index (χ1v) is 3.89. The van der Waals surface area contributed by atoms with E-state index in [9.17, 15) is 0 Å². The van der Waals surface area contributed by atoms with Crippen LogP contribution in [0.2, 0.25) is 0 Å².